The summed E-state index contributed by atoms with van der Waals surface area (Å²) in [5.41, 5.74) is 0. The number of hydrogen-bond donors (Lipinski definition) is 0. The number of benzene rings is 1. The van der Waals surface area contributed by atoms with Crippen LogP contribution in [0.4, 0.5) is 0 Å². The predicted octanol–water partition coefficient (Wildman–Crippen LogP) is 1.51. The van der Waals surface area contributed by atoms with Gasteiger partial charge >= 0.3 is 0 Å². The molecule has 26 heavy (non-hydrogen) atoms. The normalized spacial score (nSPS) is 18.8. The van der Waals surface area contributed by atoms with Crippen LogP contribution in [0.2, 0.25) is 0 Å². The molecule has 8 heteroatoms. The molecule has 1 atom stereocenters. The molecular weight excluding hydrogens is 356 g/mol. The van der Waals surface area contributed by atoms with Gasteiger partial charge in [-0.2, -0.15) is 0 Å². The van der Waals surface area contributed by atoms with Crippen LogP contribution in [0.3, 0.4) is 0 Å². The lowest BCUT2D eigenvalue weighted by molar-refractivity contribution is 0.208. The van der Waals surface area contributed by atoms with Crippen LogP contribution in [0.15, 0.2) is 17.0 Å². The highest BCUT2D eigenvalue weighted by molar-refractivity contribution is 7.92. The van der Waals surface area contributed by atoms with Gasteiger partial charge in [-0.15, -0.1) is 0 Å². The number of sulfone groups is 1. The summed E-state index contributed by atoms with van der Waals surface area (Å²) in [6.07, 6.45) is 1.54. The Hall–Kier alpha value is -1.51. The molecule has 0 bridgehead atoms. The molecule has 1 aromatic rings. The number of hydrogen-bond acceptors (Lipinski definition) is 7. The molecule has 7 nitrogen and oxygen atoms in total. The molecule has 1 unspecified atom stereocenters. The fourth-order valence-electron chi connectivity index (χ4n) is 3.22. The van der Waals surface area contributed by atoms with Crippen molar-refractivity contribution >= 4 is 9.84 Å². The van der Waals surface area contributed by atoms with E-state index in [2.05, 4.69) is 9.80 Å². The molecule has 1 aliphatic rings. The Morgan fingerprint density at radius 1 is 1.12 bits per heavy atom. The molecule has 1 aliphatic heterocycles. The first-order chi connectivity index (χ1) is 12.3. The summed E-state index contributed by atoms with van der Waals surface area (Å²) in [5.74, 6) is 1.10. The summed E-state index contributed by atoms with van der Waals surface area (Å²) in [7, 11) is 5.01. The third kappa shape index (κ3) is 4.61. The summed E-state index contributed by atoms with van der Waals surface area (Å²) < 4.78 is 42.3. The lowest BCUT2D eigenvalue weighted by atomic mass is 10.1. The van der Waals surface area contributed by atoms with E-state index in [0.29, 0.717) is 30.2 Å². The van der Waals surface area contributed by atoms with Crippen molar-refractivity contribution in [3.63, 3.8) is 0 Å². The maximum absolute atomic E-state index is 13.2. The van der Waals surface area contributed by atoms with Gasteiger partial charge in [-0.1, -0.05) is 0 Å². The summed E-state index contributed by atoms with van der Waals surface area (Å²) >= 11 is 0. The van der Waals surface area contributed by atoms with E-state index in [1.807, 2.05) is 14.1 Å². The lowest BCUT2D eigenvalue weighted by Crippen LogP contribution is -2.44. The Morgan fingerprint density at radius 3 is 2.23 bits per heavy atom. The zero-order valence-corrected chi connectivity index (χ0v) is 17.1. The molecule has 0 aliphatic carbocycles. The molecule has 1 heterocycles. The van der Waals surface area contributed by atoms with Gasteiger partial charge in [0, 0.05) is 31.8 Å². The minimum atomic E-state index is -3.49. The van der Waals surface area contributed by atoms with Gasteiger partial charge in [-0.3, -0.25) is 0 Å². The average Bonchev–Trinajstić information content (AvgIpc) is 2.65. The molecule has 1 aromatic carbocycles. The van der Waals surface area contributed by atoms with E-state index in [9.17, 15) is 8.42 Å². The highest BCUT2D eigenvalue weighted by Crippen LogP contribution is 2.40. The van der Waals surface area contributed by atoms with Gasteiger partial charge in [-0.25, -0.2) is 8.42 Å². The van der Waals surface area contributed by atoms with Gasteiger partial charge in [0.05, 0.1) is 31.5 Å². The first kappa shape index (κ1) is 20.8. The number of rotatable bonds is 8. The van der Waals surface area contributed by atoms with Gasteiger partial charge in [0.25, 0.3) is 0 Å². The quantitative estimate of drug-likeness (QED) is 0.671. The summed E-state index contributed by atoms with van der Waals surface area (Å²) in [6, 6.07) is 3.05. The molecule has 1 saturated heterocycles. The second kappa shape index (κ2) is 8.92. The number of nitrogens with zero attached hydrogens (tertiary/aromatic N) is 2. The van der Waals surface area contributed by atoms with Crippen LogP contribution < -0.4 is 14.2 Å². The smallest absolute Gasteiger partial charge is 0.203 e. The van der Waals surface area contributed by atoms with E-state index in [0.717, 1.165) is 26.1 Å². The summed E-state index contributed by atoms with van der Waals surface area (Å²) in [4.78, 5) is 4.55. The van der Waals surface area contributed by atoms with Crippen LogP contribution in [0.5, 0.6) is 17.2 Å². The largest absolute Gasteiger partial charge is 0.493 e. The van der Waals surface area contributed by atoms with Crippen molar-refractivity contribution in [1.82, 2.24) is 9.80 Å². The minimum Gasteiger partial charge on any atom is -0.493 e. The number of ether oxygens (including phenoxy) is 3. The Balaban J connectivity index is 2.28. The predicted molar refractivity (Wildman–Crippen MR) is 101 cm³/mol. The zero-order valence-electron chi connectivity index (χ0n) is 16.3. The van der Waals surface area contributed by atoms with Crippen LogP contribution in [0.1, 0.15) is 12.8 Å². The highest BCUT2D eigenvalue weighted by Gasteiger charge is 2.33. The van der Waals surface area contributed by atoms with Crippen molar-refractivity contribution in [2.24, 2.45) is 0 Å². The molecule has 0 amide bonds. The van der Waals surface area contributed by atoms with E-state index >= 15 is 0 Å². The van der Waals surface area contributed by atoms with E-state index in [4.69, 9.17) is 14.2 Å². The van der Waals surface area contributed by atoms with Gasteiger partial charge in [0.15, 0.2) is 21.3 Å². The molecular formula is C18H30N2O5S. The maximum Gasteiger partial charge on any atom is 0.203 e. The molecule has 0 radical (unpaired) electrons. The van der Waals surface area contributed by atoms with Gasteiger partial charge < -0.3 is 24.0 Å². The molecule has 0 N–H and O–H groups in total. The molecule has 1 fully saturated rings. The van der Waals surface area contributed by atoms with Gasteiger partial charge in [0.1, 0.15) is 0 Å². The highest BCUT2D eigenvalue weighted by atomic mass is 32.2. The third-order valence-corrected chi connectivity index (χ3v) is 6.89. The Labute approximate surface area is 156 Å². The maximum atomic E-state index is 13.2. The third-order valence-electron chi connectivity index (χ3n) is 4.73. The number of likely N-dealkylation sites (tertiary alicyclic amines) is 1. The fourth-order valence-corrected chi connectivity index (χ4v) is 5.04. The number of likely N-dealkylation sites (N-methyl/N-ethyl adjacent to an activating group) is 1. The standard InChI is InChI=1S/C18H30N2O5S/c1-19(2)9-10-20-8-6-7-14(13-20)26(21,22)15-11-16(23-3)18(25-5)17(12-15)24-4/h11-12,14H,6-10,13H2,1-5H3. The van der Waals surface area contributed by atoms with E-state index in [1.54, 1.807) is 0 Å². The van der Waals surface area contributed by atoms with Crippen molar-refractivity contribution in [2.45, 2.75) is 23.0 Å². The molecule has 148 valence electrons. The van der Waals surface area contributed by atoms with Crippen molar-refractivity contribution in [3.05, 3.63) is 12.1 Å². The Kier molecular flexibility index (Phi) is 7.14. The van der Waals surface area contributed by atoms with Crippen molar-refractivity contribution < 1.29 is 22.6 Å². The monoisotopic (exact) mass is 386 g/mol. The first-order valence-corrected chi connectivity index (χ1v) is 10.3. The Morgan fingerprint density at radius 2 is 1.73 bits per heavy atom. The summed E-state index contributed by atoms with van der Waals surface area (Å²) in [6.45, 7) is 3.27. The van der Waals surface area contributed by atoms with Crippen LogP contribution in [-0.2, 0) is 9.84 Å². The van der Waals surface area contributed by atoms with E-state index in [-0.39, 0.29) is 4.90 Å². The number of piperidine rings is 1. The van der Waals surface area contributed by atoms with E-state index in [1.165, 1.54) is 33.5 Å². The SMILES string of the molecule is COc1cc(S(=O)(=O)C2CCCN(CCN(C)C)C2)cc(OC)c1OC. The molecule has 0 spiro atoms. The summed E-state index contributed by atoms with van der Waals surface area (Å²) in [5, 5.41) is -0.429. The molecule has 2 rings (SSSR count). The number of methoxy groups -OCH3 is 3. The minimum absolute atomic E-state index is 0.214. The Bertz CT molecular complexity index is 681. The molecule has 0 saturated carbocycles. The van der Waals surface area contributed by atoms with Crippen molar-refractivity contribution in [1.29, 1.82) is 0 Å². The molecule has 0 aromatic heterocycles. The lowest BCUT2D eigenvalue weighted by Gasteiger charge is -2.33. The van der Waals surface area contributed by atoms with E-state index < -0.39 is 15.1 Å². The second-order valence-corrected chi connectivity index (χ2v) is 9.00. The van der Waals surface area contributed by atoms with Crippen molar-refractivity contribution in [2.75, 3.05) is 61.6 Å². The first-order valence-electron chi connectivity index (χ1n) is 8.74. The topological polar surface area (TPSA) is 68.3 Å². The van der Waals surface area contributed by atoms with Crippen molar-refractivity contribution in [3.8, 4) is 17.2 Å². The van der Waals surface area contributed by atoms with Crippen LogP contribution in [0, 0.1) is 0 Å². The van der Waals surface area contributed by atoms with Crippen LogP contribution in [-0.4, -0.2) is 85.1 Å². The average molecular weight is 387 g/mol. The van der Waals surface area contributed by atoms with Gasteiger partial charge in [0.2, 0.25) is 5.75 Å². The van der Waals surface area contributed by atoms with Crippen LogP contribution in [0.25, 0.3) is 0 Å². The second-order valence-electron chi connectivity index (χ2n) is 6.77. The van der Waals surface area contributed by atoms with Gasteiger partial charge in [-0.05, 0) is 33.5 Å². The van der Waals surface area contributed by atoms with Crippen LogP contribution >= 0.6 is 0 Å². The zero-order chi connectivity index (χ0) is 19.3. The fraction of sp³-hybridized carbons (Fsp3) is 0.667.